The molecule has 8 heteroatoms. The number of rotatable bonds is 6. The second-order valence-electron chi connectivity index (χ2n) is 4.89. The Morgan fingerprint density at radius 1 is 1.33 bits per heavy atom. The molecule has 2 N–H and O–H groups in total. The van der Waals surface area contributed by atoms with E-state index in [-0.39, 0.29) is 30.2 Å². The fourth-order valence-corrected chi connectivity index (χ4v) is 1.96. The first-order valence-corrected chi connectivity index (χ1v) is 7.22. The third-order valence-corrected chi connectivity index (χ3v) is 3.28. The molecule has 24 heavy (non-hydrogen) atoms. The number of nitrogens with zero attached hydrogens (tertiary/aromatic N) is 3. The zero-order valence-corrected chi connectivity index (χ0v) is 13.4. The van der Waals surface area contributed by atoms with E-state index in [9.17, 15) is 9.59 Å². The van der Waals surface area contributed by atoms with Gasteiger partial charge in [0, 0.05) is 19.8 Å². The van der Waals surface area contributed by atoms with Crippen LogP contribution in [0.25, 0.3) is 0 Å². The van der Waals surface area contributed by atoms with Gasteiger partial charge in [0.15, 0.2) is 5.69 Å². The molecular formula is C16H17N5O3. The van der Waals surface area contributed by atoms with Gasteiger partial charge in [0.2, 0.25) is 5.91 Å². The van der Waals surface area contributed by atoms with Crippen LogP contribution in [0.3, 0.4) is 0 Å². The zero-order chi connectivity index (χ0) is 17.5. The predicted octanol–water partition coefficient (Wildman–Crippen LogP) is 1.06. The number of ether oxygens (including phenoxy) is 1. The van der Waals surface area contributed by atoms with Crippen molar-refractivity contribution in [2.24, 2.45) is 7.05 Å². The fourth-order valence-electron chi connectivity index (χ4n) is 1.96. The third kappa shape index (κ3) is 4.10. The minimum absolute atomic E-state index is 0.0938. The molecule has 1 heterocycles. The SMILES string of the molecule is CNC(=O)CCOc1ccc(NC(=O)c2cnn(C)c2C#N)cc1. The predicted molar refractivity (Wildman–Crippen MR) is 86.5 cm³/mol. The first-order valence-electron chi connectivity index (χ1n) is 7.22. The molecule has 0 aliphatic carbocycles. The maximum atomic E-state index is 12.2. The second kappa shape index (κ2) is 7.78. The Balaban J connectivity index is 1.95. The van der Waals surface area contributed by atoms with Crippen LogP contribution >= 0.6 is 0 Å². The summed E-state index contributed by atoms with van der Waals surface area (Å²) in [4.78, 5) is 23.3. The highest BCUT2D eigenvalue weighted by molar-refractivity contribution is 6.05. The van der Waals surface area contributed by atoms with E-state index in [2.05, 4.69) is 15.7 Å². The highest BCUT2D eigenvalue weighted by Crippen LogP contribution is 2.17. The topological polar surface area (TPSA) is 109 Å². The van der Waals surface area contributed by atoms with Crippen LogP contribution in [-0.4, -0.2) is 35.2 Å². The van der Waals surface area contributed by atoms with Gasteiger partial charge in [0.05, 0.1) is 24.8 Å². The Labute approximate surface area is 139 Å². The van der Waals surface area contributed by atoms with Gasteiger partial charge in [-0.25, -0.2) is 0 Å². The smallest absolute Gasteiger partial charge is 0.260 e. The molecule has 0 spiro atoms. The van der Waals surface area contributed by atoms with Gasteiger partial charge in [-0.05, 0) is 24.3 Å². The molecule has 0 saturated heterocycles. The Bertz CT molecular complexity index is 774. The molecule has 124 valence electrons. The van der Waals surface area contributed by atoms with Gasteiger partial charge in [-0.15, -0.1) is 0 Å². The quantitative estimate of drug-likeness (QED) is 0.824. The van der Waals surface area contributed by atoms with Crippen molar-refractivity contribution in [2.75, 3.05) is 19.0 Å². The Kier molecular flexibility index (Phi) is 5.52. The van der Waals surface area contributed by atoms with E-state index < -0.39 is 5.91 Å². The molecule has 0 bridgehead atoms. The number of hydrogen-bond acceptors (Lipinski definition) is 5. The van der Waals surface area contributed by atoms with Crippen molar-refractivity contribution in [1.82, 2.24) is 15.1 Å². The lowest BCUT2D eigenvalue weighted by atomic mass is 10.2. The van der Waals surface area contributed by atoms with Crippen LogP contribution in [0.4, 0.5) is 5.69 Å². The fraction of sp³-hybridized carbons (Fsp3) is 0.250. The summed E-state index contributed by atoms with van der Waals surface area (Å²) in [5.41, 5.74) is 0.971. The van der Waals surface area contributed by atoms with E-state index in [1.54, 1.807) is 38.4 Å². The number of anilines is 1. The second-order valence-corrected chi connectivity index (χ2v) is 4.89. The van der Waals surface area contributed by atoms with Gasteiger partial charge in [-0.3, -0.25) is 14.3 Å². The van der Waals surface area contributed by atoms with Crippen LogP contribution in [-0.2, 0) is 11.8 Å². The van der Waals surface area contributed by atoms with Gasteiger partial charge in [-0.2, -0.15) is 10.4 Å². The molecule has 2 rings (SSSR count). The summed E-state index contributed by atoms with van der Waals surface area (Å²) in [6, 6.07) is 8.67. The number of amides is 2. The largest absolute Gasteiger partial charge is 0.493 e. The zero-order valence-electron chi connectivity index (χ0n) is 13.4. The molecule has 0 fully saturated rings. The summed E-state index contributed by atoms with van der Waals surface area (Å²) in [5.74, 6) is 0.0904. The Morgan fingerprint density at radius 2 is 2.04 bits per heavy atom. The maximum absolute atomic E-state index is 12.2. The number of hydrogen-bond donors (Lipinski definition) is 2. The lowest BCUT2D eigenvalue weighted by Crippen LogP contribution is -2.20. The van der Waals surface area contributed by atoms with Gasteiger partial charge in [-0.1, -0.05) is 0 Å². The lowest BCUT2D eigenvalue weighted by Gasteiger charge is -2.08. The molecule has 0 aliphatic heterocycles. The van der Waals surface area contributed by atoms with E-state index in [4.69, 9.17) is 10.00 Å². The summed E-state index contributed by atoms with van der Waals surface area (Å²) in [7, 11) is 3.17. The average molecular weight is 327 g/mol. The average Bonchev–Trinajstić information content (AvgIpc) is 2.97. The number of carbonyl (C=O) groups is 2. The number of benzene rings is 1. The summed E-state index contributed by atoms with van der Waals surface area (Å²) in [6.07, 6.45) is 1.62. The molecule has 1 aromatic heterocycles. The minimum Gasteiger partial charge on any atom is -0.493 e. The van der Waals surface area contributed by atoms with Crippen molar-refractivity contribution in [2.45, 2.75) is 6.42 Å². The molecule has 8 nitrogen and oxygen atoms in total. The summed E-state index contributed by atoms with van der Waals surface area (Å²) in [6.45, 7) is 0.270. The monoisotopic (exact) mass is 327 g/mol. The van der Waals surface area contributed by atoms with Crippen LogP contribution in [0.2, 0.25) is 0 Å². The first kappa shape index (κ1) is 17.0. The van der Waals surface area contributed by atoms with Crippen LogP contribution in [0.15, 0.2) is 30.5 Å². The van der Waals surface area contributed by atoms with E-state index in [0.717, 1.165) is 0 Å². The maximum Gasteiger partial charge on any atom is 0.260 e. The highest BCUT2D eigenvalue weighted by Gasteiger charge is 2.15. The molecule has 0 aliphatic rings. The molecule has 0 saturated carbocycles. The van der Waals surface area contributed by atoms with Crippen molar-refractivity contribution in [3.05, 3.63) is 41.7 Å². The Morgan fingerprint density at radius 3 is 2.67 bits per heavy atom. The highest BCUT2D eigenvalue weighted by atomic mass is 16.5. The summed E-state index contributed by atoms with van der Waals surface area (Å²) < 4.78 is 6.78. The van der Waals surface area contributed by atoms with Crippen molar-refractivity contribution in [3.63, 3.8) is 0 Å². The normalized spacial score (nSPS) is 9.88. The van der Waals surface area contributed by atoms with Crippen LogP contribution in [0.5, 0.6) is 5.75 Å². The van der Waals surface area contributed by atoms with Crippen molar-refractivity contribution in [1.29, 1.82) is 5.26 Å². The minimum atomic E-state index is -0.409. The first-order chi connectivity index (χ1) is 11.5. The van der Waals surface area contributed by atoms with Crippen LogP contribution in [0.1, 0.15) is 22.5 Å². The molecule has 0 radical (unpaired) electrons. The standard InChI is InChI=1S/C16H17N5O3/c1-18-15(22)7-8-24-12-5-3-11(4-6-12)20-16(23)13-10-19-21(2)14(13)9-17/h3-6,10H,7-8H2,1-2H3,(H,18,22)(H,20,23). The number of carbonyl (C=O) groups excluding carboxylic acids is 2. The number of aryl methyl sites for hydroxylation is 1. The third-order valence-electron chi connectivity index (χ3n) is 3.28. The van der Waals surface area contributed by atoms with E-state index in [0.29, 0.717) is 11.4 Å². The van der Waals surface area contributed by atoms with Crippen molar-refractivity contribution < 1.29 is 14.3 Å². The number of aromatic nitrogens is 2. The summed E-state index contributed by atoms with van der Waals surface area (Å²) in [5, 5.41) is 18.1. The van der Waals surface area contributed by atoms with Crippen LogP contribution < -0.4 is 15.4 Å². The lowest BCUT2D eigenvalue weighted by molar-refractivity contribution is -0.121. The molecule has 0 atom stereocenters. The summed E-state index contributed by atoms with van der Waals surface area (Å²) >= 11 is 0. The molecule has 0 unspecified atom stereocenters. The van der Waals surface area contributed by atoms with Crippen molar-refractivity contribution >= 4 is 17.5 Å². The van der Waals surface area contributed by atoms with Crippen LogP contribution in [0, 0.1) is 11.3 Å². The van der Waals surface area contributed by atoms with Gasteiger partial charge < -0.3 is 15.4 Å². The van der Waals surface area contributed by atoms with E-state index >= 15 is 0 Å². The van der Waals surface area contributed by atoms with Gasteiger partial charge in [0.1, 0.15) is 11.8 Å². The molecule has 2 aromatic rings. The number of nitrogens with one attached hydrogen (secondary N) is 2. The molecular weight excluding hydrogens is 310 g/mol. The van der Waals surface area contributed by atoms with Crippen molar-refractivity contribution in [3.8, 4) is 11.8 Å². The Hall–Kier alpha value is -3.34. The van der Waals surface area contributed by atoms with Gasteiger partial charge >= 0.3 is 0 Å². The molecule has 1 aromatic carbocycles. The van der Waals surface area contributed by atoms with E-state index in [1.165, 1.54) is 10.9 Å². The number of nitriles is 1. The van der Waals surface area contributed by atoms with E-state index in [1.807, 2.05) is 6.07 Å². The molecule has 2 amide bonds. The van der Waals surface area contributed by atoms with Gasteiger partial charge in [0.25, 0.3) is 5.91 Å².